The number of carbonyl (C=O) groups excluding carboxylic acids is 1. The normalized spacial score (nSPS) is 30.4. The summed E-state index contributed by atoms with van der Waals surface area (Å²) in [7, 11) is 0. The van der Waals surface area contributed by atoms with Gasteiger partial charge in [0.25, 0.3) is 5.91 Å². The Morgan fingerprint density at radius 1 is 1.07 bits per heavy atom. The Kier molecular flexibility index (Phi) is 4.74. The monoisotopic (exact) mass is 443 g/mol. The zero-order valence-corrected chi connectivity index (χ0v) is 17.5. The van der Waals surface area contributed by atoms with Gasteiger partial charge in [-0.2, -0.15) is 0 Å². The number of nitrogens with one attached hydrogen (secondary N) is 1. The van der Waals surface area contributed by atoms with Crippen LogP contribution in [0.1, 0.15) is 54.8 Å². The third kappa shape index (κ3) is 3.61. The summed E-state index contributed by atoms with van der Waals surface area (Å²) in [5.74, 6) is 4.36. The van der Waals surface area contributed by atoms with Gasteiger partial charge < -0.3 is 14.5 Å². The van der Waals surface area contributed by atoms with Crippen LogP contribution < -0.4 is 10.1 Å². The molecule has 1 N–H and O–H groups in total. The molecular weight excluding hydrogens is 418 g/mol. The number of hydrogen-bond donors (Lipinski definition) is 1. The molecule has 1 heterocycles. The molecule has 0 spiro atoms. The molecule has 28 heavy (non-hydrogen) atoms. The summed E-state index contributed by atoms with van der Waals surface area (Å²) in [5, 5.41) is 3.17. The minimum absolute atomic E-state index is 0.108. The molecule has 0 radical (unpaired) electrons. The predicted octanol–water partition coefficient (Wildman–Crippen LogP) is 5.57. The van der Waals surface area contributed by atoms with Crippen LogP contribution in [0.25, 0.3) is 0 Å². The van der Waals surface area contributed by atoms with E-state index >= 15 is 0 Å². The van der Waals surface area contributed by atoms with Crippen molar-refractivity contribution in [3.8, 4) is 5.75 Å². The van der Waals surface area contributed by atoms with Crippen LogP contribution >= 0.6 is 15.9 Å². The first-order chi connectivity index (χ1) is 13.6. The Hall–Kier alpha value is -1.75. The number of halogens is 1. The molecule has 2 aromatic rings. The highest BCUT2D eigenvalue weighted by molar-refractivity contribution is 9.10. The molecule has 4 nitrogen and oxygen atoms in total. The lowest BCUT2D eigenvalue weighted by Gasteiger charge is -2.56. The first kappa shape index (κ1) is 18.3. The predicted molar refractivity (Wildman–Crippen MR) is 110 cm³/mol. The fourth-order valence-corrected chi connectivity index (χ4v) is 6.55. The molecule has 0 aliphatic heterocycles. The van der Waals surface area contributed by atoms with Crippen molar-refractivity contribution in [1.82, 2.24) is 5.32 Å². The lowest BCUT2D eigenvalue weighted by molar-refractivity contribution is -0.0504. The van der Waals surface area contributed by atoms with Crippen molar-refractivity contribution in [2.45, 2.75) is 45.1 Å². The third-order valence-electron chi connectivity index (χ3n) is 6.88. The summed E-state index contributed by atoms with van der Waals surface area (Å²) in [6, 6.07) is 11.2. The van der Waals surface area contributed by atoms with Crippen LogP contribution in [0.4, 0.5) is 0 Å². The zero-order valence-electron chi connectivity index (χ0n) is 16.0. The molecule has 0 atom stereocenters. The summed E-state index contributed by atoms with van der Waals surface area (Å²) in [6.45, 7) is 1.09. The lowest BCUT2D eigenvalue weighted by Crippen LogP contribution is -2.51. The number of hydrogen-bond acceptors (Lipinski definition) is 3. The van der Waals surface area contributed by atoms with Gasteiger partial charge in [0, 0.05) is 6.54 Å². The summed E-state index contributed by atoms with van der Waals surface area (Å²) in [4.78, 5) is 12.6. The van der Waals surface area contributed by atoms with Gasteiger partial charge in [0.05, 0.1) is 4.47 Å². The Labute approximate surface area is 174 Å². The molecule has 4 aliphatic rings. The molecule has 1 aromatic carbocycles. The standard InChI is InChI=1S/C23H26BrNO3/c24-19-3-1-2-4-20(19)27-13-18-5-6-21(28-18)22(26)25-14-23-10-15-7-16(11-23)9-17(8-15)12-23/h1-6,15-17H,7-14H2,(H,25,26). The van der Waals surface area contributed by atoms with Gasteiger partial charge in [-0.25, -0.2) is 0 Å². The number of ether oxygens (including phenoxy) is 1. The molecule has 4 fully saturated rings. The lowest BCUT2D eigenvalue weighted by atomic mass is 9.49. The Bertz CT molecular complexity index is 839. The number of furan rings is 1. The zero-order chi connectivity index (χ0) is 19.1. The van der Waals surface area contributed by atoms with Crippen LogP contribution in [0.15, 0.2) is 45.3 Å². The van der Waals surface area contributed by atoms with Gasteiger partial charge >= 0.3 is 0 Å². The van der Waals surface area contributed by atoms with Gasteiger partial charge in [-0.05, 0) is 102 Å². The fourth-order valence-electron chi connectivity index (χ4n) is 6.15. The van der Waals surface area contributed by atoms with E-state index in [1.54, 1.807) is 6.07 Å². The number of carbonyl (C=O) groups is 1. The van der Waals surface area contributed by atoms with E-state index < -0.39 is 0 Å². The van der Waals surface area contributed by atoms with Gasteiger partial charge in [-0.1, -0.05) is 12.1 Å². The van der Waals surface area contributed by atoms with Gasteiger partial charge in [-0.15, -0.1) is 0 Å². The van der Waals surface area contributed by atoms with E-state index in [0.29, 0.717) is 23.5 Å². The SMILES string of the molecule is O=C(NCC12CC3CC(CC(C3)C1)C2)c1ccc(COc2ccccc2Br)o1. The van der Waals surface area contributed by atoms with Gasteiger partial charge in [-0.3, -0.25) is 4.79 Å². The van der Waals surface area contributed by atoms with Crippen molar-refractivity contribution >= 4 is 21.8 Å². The van der Waals surface area contributed by atoms with Crippen molar-refractivity contribution in [1.29, 1.82) is 0 Å². The van der Waals surface area contributed by atoms with E-state index in [4.69, 9.17) is 9.15 Å². The van der Waals surface area contributed by atoms with E-state index in [9.17, 15) is 4.79 Å². The van der Waals surface area contributed by atoms with Gasteiger partial charge in [0.2, 0.25) is 0 Å². The van der Waals surface area contributed by atoms with Crippen molar-refractivity contribution < 1.29 is 13.9 Å². The summed E-state index contributed by atoms with van der Waals surface area (Å²) >= 11 is 3.46. The Morgan fingerprint density at radius 2 is 1.75 bits per heavy atom. The van der Waals surface area contributed by atoms with Crippen LogP contribution in [-0.4, -0.2) is 12.5 Å². The molecule has 1 amide bonds. The summed E-state index contributed by atoms with van der Waals surface area (Å²) in [5.41, 5.74) is 0.336. The molecule has 1 aromatic heterocycles. The van der Waals surface area contributed by atoms with Crippen molar-refractivity contribution in [3.63, 3.8) is 0 Å². The molecule has 0 unspecified atom stereocenters. The number of para-hydroxylation sites is 1. The maximum Gasteiger partial charge on any atom is 0.287 e. The molecule has 6 rings (SSSR count). The smallest absolute Gasteiger partial charge is 0.287 e. The number of benzene rings is 1. The summed E-state index contributed by atoms with van der Waals surface area (Å²) in [6.07, 6.45) is 8.15. The van der Waals surface area contributed by atoms with E-state index in [1.807, 2.05) is 30.3 Å². The minimum atomic E-state index is -0.108. The molecule has 0 saturated heterocycles. The molecule has 148 valence electrons. The minimum Gasteiger partial charge on any atom is -0.484 e. The van der Waals surface area contributed by atoms with E-state index in [2.05, 4.69) is 21.2 Å². The van der Waals surface area contributed by atoms with Crippen molar-refractivity contribution in [2.24, 2.45) is 23.2 Å². The maximum atomic E-state index is 12.6. The second kappa shape index (κ2) is 7.25. The van der Waals surface area contributed by atoms with Crippen LogP contribution in [0.5, 0.6) is 5.75 Å². The first-order valence-corrected chi connectivity index (χ1v) is 11.1. The molecule has 4 saturated carbocycles. The molecule has 4 bridgehead atoms. The average Bonchev–Trinajstić information content (AvgIpc) is 3.14. The maximum absolute atomic E-state index is 12.6. The quantitative estimate of drug-likeness (QED) is 0.634. The average molecular weight is 444 g/mol. The fraction of sp³-hybridized carbons (Fsp3) is 0.522. The number of amides is 1. The van der Waals surface area contributed by atoms with E-state index in [0.717, 1.165) is 34.5 Å². The highest BCUT2D eigenvalue weighted by Gasteiger charge is 2.50. The summed E-state index contributed by atoms with van der Waals surface area (Å²) < 4.78 is 12.4. The highest BCUT2D eigenvalue weighted by atomic mass is 79.9. The second-order valence-electron chi connectivity index (χ2n) is 9.09. The molecule has 5 heteroatoms. The highest BCUT2D eigenvalue weighted by Crippen LogP contribution is 2.59. The Balaban J connectivity index is 1.17. The van der Waals surface area contributed by atoms with Gasteiger partial charge in [0.15, 0.2) is 5.76 Å². The number of rotatable bonds is 6. The van der Waals surface area contributed by atoms with Crippen molar-refractivity contribution in [2.75, 3.05) is 6.54 Å². The topological polar surface area (TPSA) is 51.5 Å². The van der Waals surface area contributed by atoms with Crippen LogP contribution in [0, 0.1) is 23.2 Å². The van der Waals surface area contributed by atoms with Crippen molar-refractivity contribution in [3.05, 3.63) is 52.4 Å². The molecular formula is C23H26BrNO3. The second-order valence-corrected chi connectivity index (χ2v) is 9.94. The first-order valence-electron chi connectivity index (χ1n) is 10.3. The van der Waals surface area contributed by atoms with Crippen LogP contribution in [0.3, 0.4) is 0 Å². The van der Waals surface area contributed by atoms with E-state index in [1.165, 1.54) is 38.5 Å². The van der Waals surface area contributed by atoms with Crippen LogP contribution in [-0.2, 0) is 6.61 Å². The van der Waals surface area contributed by atoms with E-state index in [-0.39, 0.29) is 5.91 Å². The van der Waals surface area contributed by atoms with Gasteiger partial charge in [0.1, 0.15) is 18.1 Å². The third-order valence-corrected chi connectivity index (χ3v) is 7.54. The molecule has 4 aliphatic carbocycles. The Morgan fingerprint density at radius 3 is 2.43 bits per heavy atom. The van der Waals surface area contributed by atoms with Crippen LogP contribution in [0.2, 0.25) is 0 Å². The largest absolute Gasteiger partial charge is 0.484 e.